The Morgan fingerprint density at radius 1 is 1.19 bits per heavy atom. The Labute approximate surface area is 133 Å². The van der Waals surface area contributed by atoms with Gasteiger partial charge in [-0.25, -0.2) is 4.39 Å². The summed E-state index contributed by atoms with van der Waals surface area (Å²) in [4.78, 5) is 2.33. The Morgan fingerprint density at radius 2 is 1.95 bits per heavy atom. The highest BCUT2D eigenvalue weighted by Gasteiger charge is 2.26. The average molecular weight is 349 g/mol. The fourth-order valence-corrected chi connectivity index (χ4v) is 3.16. The number of rotatable bonds is 2. The van der Waals surface area contributed by atoms with Gasteiger partial charge in [-0.05, 0) is 46.6 Å². The lowest BCUT2D eigenvalue weighted by Crippen LogP contribution is -2.51. The molecule has 0 aromatic heterocycles. The third kappa shape index (κ3) is 3.11. The molecule has 1 saturated heterocycles. The molecule has 0 radical (unpaired) electrons. The predicted molar refractivity (Wildman–Crippen MR) is 88.1 cm³/mol. The monoisotopic (exact) mass is 348 g/mol. The van der Waals surface area contributed by atoms with Crippen LogP contribution in [0.25, 0.3) is 0 Å². The fourth-order valence-electron chi connectivity index (χ4n) is 2.80. The van der Waals surface area contributed by atoms with Gasteiger partial charge in [-0.3, -0.25) is 0 Å². The van der Waals surface area contributed by atoms with Crippen molar-refractivity contribution >= 4 is 21.6 Å². The minimum Gasteiger partial charge on any atom is -0.366 e. The summed E-state index contributed by atoms with van der Waals surface area (Å²) in [6, 6.07) is 16.4. The van der Waals surface area contributed by atoms with Crippen LogP contribution >= 0.6 is 15.9 Å². The van der Waals surface area contributed by atoms with Crippen molar-refractivity contribution in [2.45, 2.75) is 19.0 Å². The van der Waals surface area contributed by atoms with E-state index in [-0.39, 0.29) is 5.82 Å². The third-order valence-corrected chi connectivity index (χ3v) is 4.62. The molecule has 0 saturated carbocycles. The van der Waals surface area contributed by atoms with Crippen LogP contribution in [0.5, 0.6) is 0 Å². The van der Waals surface area contributed by atoms with Gasteiger partial charge in [-0.15, -0.1) is 0 Å². The third-order valence-electron chi connectivity index (χ3n) is 4.01. The van der Waals surface area contributed by atoms with E-state index in [2.05, 4.69) is 57.3 Å². The Hall–Kier alpha value is -1.39. The van der Waals surface area contributed by atoms with Crippen molar-refractivity contribution in [2.24, 2.45) is 0 Å². The molecule has 1 aliphatic heterocycles. The molecule has 0 bridgehead atoms. The number of nitrogens with one attached hydrogen (secondary N) is 1. The van der Waals surface area contributed by atoms with Crippen LogP contribution in [0.4, 0.5) is 10.1 Å². The number of anilines is 1. The van der Waals surface area contributed by atoms with Crippen molar-refractivity contribution in [1.29, 1.82) is 0 Å². The van der Waals surface area contributed by atoms with Crippen molar-refractivity contribution in [3.8, 4) is 0 Å². The van der Waals surface area contributed by atoms with Gasteiger partial charge in [0.2, 0.25) is 0 Å². The zero-order valence-electron chi connectivity index (χ0n) is 11.9. The second-order valence-electron chi connectivity index (χ2n) is 5.47. The van der Waals surface area contributed by atoms with Gasteiger partial charge in [0.25, 0.3) is 0 Å². The normalized spacial score (nSPS) is 22.3. The summed E-state index contributed by atoms with van der Waals surface area (Å²) in [5.41, 5.74) is 2.34. The molecule has 1 aliphatic rings. The van der Waals surface area contributed by atoms with E-state index in [0.29, 0.717) is 16.6 Å². The molecule has 110 valence electrons. The van der Waals surface area contributed by atoms with Crippen LogP contribution in [0, 0.1) is 5.82 Å². The molecule has 0 spiro atoms. The first-order valence-corrected chi connectivity index (χ1v) is 7.94. The van der Waals surface area contributed by atoms with Crippen molar-refractivity contribution in [3.05, 3.63) is 64.4 Å². The first kappa shape index (κ1) is 14.5. The minimum atomic E-state index is -0.221. The molecule has 1 heterocycles. The van der Waals surface area contributed by atoms with Gasteiger partial charge in [0, 0.05) is 30.9 Å². The van der Waals surface area contributed by atoms with Crippen LogP contribution in [0.15, 0.2) is 53.0 Å². The first-order chi connectivity index (χ1) is 10.1. The molecule has 2 aromatic carbocycles. The molecule has 1 fully saturated rings. The molecule has 0 amide bonds. The Balaban J connectivity index is 1.85. The molecule has 4 heteroatoms. The van der Waals surface area contributed by atoms with Crippen LogP contribution < -0.4 is 10.2 Å². The van der Waals surface area contributed by atoms with Crippen LogP contribution in [-0.4, -0.2) is 19.1 Å². The van der Waals surface area contributed by atoms with E-state index < -0.39 is 0 Å². The van der Waals surface area contributed by atoms with Crippen molar-refractivity contribution in [1.82, 2.24) is 5.32 Å². The second kappa shape index (κ2) is 6.16. The molecular weight excluding hydrogens is 331 g/mol. The molecule has 21 heavy (non-hydrogen) atoms. The van der Waals surface area contributed by atoms with Gasteiger partial charge in [0.1, 0.15) is 5.82 Å². The lowest BCUT2D eigenvalue weighted by atomic mass is 10.0. The van der Waals surface area contributed by atoms with Gasteiger partial charge in [0.05, 0.1) is 4.47 Å². The number of hydrogen-bond donors (Lipinski definition) is 1. The van der Waals surface area contributed by atoms with E-state index in [1.807, 2.05) is 18.2 Å². The van der Waals surface area contributed by atoms with Crippen molar-refractivity contribution in [3.63, 3.8) is 0 Å². The minimum absolute atomic E-state index is 0.221. The number of piperazine rings is 1. The maximum Gasteiger partial charge on any atom is 0.137 e. The van der Waals surface area contributed by atoms with Crippen molar-refractivity contribution in [2.75, 3.05) is 18.0 Å². The Morgan fingerprint density at radius 3 is 2.67 bits per heavy atom. The highest BCUT2D eigenvalue weighted by atomic mass is 79.9. The van der Waals surface area contributed by atoms with Gasteiger partial charge >= 0.3 is 0 Å². The van der Waals surface area contributed by atoms with Crippen LogP contribution in [0.1, 0.15) is 18.5 Å². The quantitative estimate of drug-likeness (QED) is 0.877. The van der Waals surface area contributed by atoms with E-state index in [9.17, 15) is 4.39 Å². The largest absolute Gasteiger partial charge is 0.366 e. The van der Waals surface area contributed by atoms with E-state index in [1.165, 1.54) is 11.6 Å². The van der Waals surface area contributed by atoms with E-state index in [4.69, 9.17) is 0 Å². The van der Waals surface area contributed by atoms with Gasteiger partial charge < -0.3 is 10.2 Å². The smallest absolute Gasteiger partial charge is 0.137 e. The summed E-state index contributed by atoms with van der Waals surface area (Å²) >= 11 is 3.28. The van der Waals surface area contributed by atoms with Crippen LogP contribution in [-0.2, 0) is 0 Å². The summed E-state index contributed by atoms with van der Waals surface area (Å²) in [5, 5.41) is 3.58. The summed E-state index contributed by atoms with van der Waals surface area (Å²) in [7, 11) is 0. The van der Waals surface area contributed by atoms with Gasteiger partial charge in [-0.1, -0.05) is 30.3 Å². The van der Waals surface area contributed by atoms with E-state index in [0.717, 1.165) is 18.8 Å². The molecule has 0 aliphatic carbocycles. The maximum atomic E-state index is 13.4. The SMILES string of the molecule is CC1CNC(c2ccccc2)CN1c1ccc(F)c(Br)c1. The number of hydrogen-bond acceptors (Lipinski definition) is 2. The van der Waals surface area contributed by atoms with E-state index >= 15 is 0 Å². The molecular formula is C17H18BrFN2. The Bertz CT molecular complexity index is 617. The number of nitrogens with zero attached hydrogens (tertiary/aromatic N) is 1. The second-order valence-corrected chi connectivity index (χ2v) is 6.33. The summed E-state index contributed by atoms with van der Waals surface area (Å²) in [5.74, 6) is -0.221. The number of benzene rings is 2. The average Bonchev–Trinajstić information content (AvgIpc) is 2.51. The molecule has 1 N–H and O–H groups in total. The highest BCUT2D eigenvalue weighted by Crippen LogP contribution is 2.28. The molecule has 2 atom stereocenters. The summed E-state index contributed by atoms with van der Waals surface area (Å²) in [6.07, 6.45) is 0. The standard InChI is InChI=1S/C17H18BrFN2/c1-12-10-20-17(13-5-3-2-4-6-13)11-21(12)14-7-8-16(19)15(18)9-14/h2-9,12,17,20H,10-11H2,1H3. The molecule has 2 aromatic rings. The lowest BCUT2D eigenvalue weighted by Gasteiger charge is -2.40. The zero-order valence-corrected chi connectivity index (χ0v) is 13.5. The topological polar surface area (TPSA) is 15.3 Å². The zero-order chi connectivity index (χ0) is 14.8. The van der Waals surface area contributed by atoms with E-state index in [1.54, 1.807) is 0 Å². The van der Waals surface area contributed by atoms with Crippen LogP contribution in [0.3, 0.4) is 0 Å². The van der Waals surface area contributed by atoms with Gasteiger partial charge in [-0.2, -0.15) is 0 Å². The summed E-state index contributed by atoms with van der Waals surface area (Å²) < 4.78 is 13.9. The maximum absolute atomic E-state index is 13.4. The lowest BCUT2D eigenvalue weighted by molar-refractivity contribution is 0.414. The van der Waals surface area contributed by atoms with Crippen molar-refractivity contribution < 1.29 is 4.39 Å². The first-order valence-electron chi connectivity index (χ1n) is 7.15. The van der Waals surface area contributed by atoms with Crippen LogP contribution in [0.2, 0.25) is 0 Å². The molecule has 3 rings (SSSR count). The molecule has 2 unspecified atom stereocenters. The fraction of sp³-hybridized carbons (Fsp3) is 0.294. The predicted octanol–water partition coefficient (Wildman–Crippen LogP) is 4.13. The highest BCUT2D eigenvalue weighted by molar-refractivity contribution is 9.10. The van der Waals surface area contributed by atoms with Gasteiger partial charge in [0.15, 0.2) is 0 Å². The Kier molecular flexibility index (Phi) is 4.27. The number of halogens is 2. The summed E-state index contributed by atoms with van der Waals surface area (Å²) in [6.45, 7) is 3.98. The molecule has 2 nitrogen and oxygen atoms in total.